The molecule has 16 nitrogen and oxygen atoms in total. The van der Waals surface area contributed by atoms with Crippen molar-refractivity contribution in [2.75, 3.05) is 121 Å². The SMILES string of the molecule is C=CCc1cc(C)c(OCC(=O)NCCN(C)C)c(Cc2cc(CC(=C)C)cc(Cc3cc(CC=C)cc(Cc4cc(CC(=C)C)cc(CC)c4OCC(=O)NCCNC)c3OCC(=O)NCCN(C)C)c2OCC(=O)NCCNC)c1. The van der Waals surface area contributed by atoms with E-state index < -0.39 is 0 Å². The van der Waals surface area contributed by atoms with Crippen LogP contribution >= 0.6 is 0 Å². The first kappa shape index (κ1) is 67.3. The minimum Gasteiger partial charge on any atom is -0.483 e. The summed E-state index contributed by atoms with van der Waals surface area (Å²) in [7, 11) is 11.5. The van der Waals surface area contributed by atoms with E-state index in [0.717, 1.165) is 77.9 Å². The van der Waals surface area contributed by atoms with Crippen molar-refractivity contribution < 1.29 is 38.1 Å². The number of rotatable bonds is 39. The van der Waals surface area contributed by atoms with E-state index in [0.29, 0.717) is 120 Å². The molecule has 0 fully saturated rings. The number of nitrogens with one attached hydrogen (secondary N) is 6. The maximum absolute atomic E-state index is 13.7. The maximum Gasteiger partial charge on any atom is 0.257 e. The number of likely N-dealkylation sites (N-methyl/N-ethyl adjacent to an activating group) is 4. The first-order chi connectivity index (χ1) is 39.3. The van der Waals surface area contributed by atoms with E-state index in [1.165, 1.54) is 0 Å². The molecule has 0 heterocycles. The first-order valence-corrected chi connectivity index (χ1v) is 28.5. The normalized spacial score (nSPS) is 11.0. The highest BCUT2D eigenvalue weighted by Gasteiger charge is 2.24. The van der Waals surface area contributed by atoms with Gasteiger partial charge in [-0.3, -0.25) is 19.2 Å². The lowest BCUT2D eigenvalue weighted by atomic mass is 9.89. The Hall–Kier alpha value is -7.24. The number of aryl methyl sites for hydroxylation is 2. The molecule has 0 bridgehead atoms. The Bertz CT molecular complexity index is 2820. The Morgan fingerprint density at radius 1 is 0.463 bits per heavy atom. The van der Waals surface area contributed by atoms with E-state index in [2.05, 4.69) is 114 Å². The van der Waals surface area contributed by atoms with E-state index in [-0.39, 0.29) is 56.5 Å². The first-order valence-electron chi connectivity index (χ1n) is 28.5. The van der Waals surface area contributed by atoms with Crippen molar-refractivity contribution in [1.29, 1.82) is 0 Å². The Balaban J connectivity index is 2.05. The summed E-state index contributed by atoms with van der Waals surface area (Å²) in [4.78, 5) is 57.7. The molecule has 4 rings (SSSR count). The van der Waals surface area contributed by atoms with Crippen molar-refractivity contribution in [2.24, 2.45) is 0 Å². The molecule has 0 spiro atoms. The lowest BCUT2D eigenvalue weighted by Crippen LogP contribution is -2.34. The number of amides is 4. The van der Waals surface area contributed by atoms with E-state index in [1.54, 1.807) is 0 Å². The van der Waals surface area contributed by atoms with Gasteiger partial charge < -0.3 is 60.6 Å². The predicted octanol–water partition coefficient (Wildman–Crippen LogP) is 6.57. The van der Waals surface area contributed by atoms with Gasteiger partial charge in [0.15, 0.2) is 26.4 Å². The molecular formula is C66H94N8O8. The summed E-state index contributed by atoms with van der Waals surface area (Å²) in [6, 6.07) is 16.7. The van der Waals surface area contributed by atoms with Gasteiger partial charge in [-0.2, -0.15) is 0 Å². The van der Waals surface area contributed by atoms with Crippen molar-refractivity contribution in [3.63, 3.8) is 0 Å². The standard InChI is InChI=1S/C66H94N8O8/c1-15-18-48-30-47(8)63(79-41-61(77)71-24-26-73(11)12)53(31-48)38-57-36-51(29-46(6)7)37-58(66(57)81-43-60(76)70-23-21-68-10)40-55-33-49(19-16-2)32-54(65(55)82-44-62(78)72-25-27-74(13)14)39-56-35-50(28-45(4)5)34-52(17-3)64(56)80-42-59(75)69-22-20-67-9/h15-16,30-37,67-68H,1-2,4,6,17-29,38-44H2,3,5,7-14H3,(H,69,75)(H,70,76)(H,71,77)(H,72,78). The zero-order chi connectivity index (χ0) is 60.1. The molecule has 446 valence electrons. The van der Waals surface area contributed by atoms with E-state index in [9.17, 15) is 19.2 Å². The van der Waals surface area contributed by atoms with Crippen LogP contribution in [-0.2, 0) is 70.5 Å². The second kappa shape index (κ2) is 35.6. The van der Waals surface area contributed by atoms with Gasteiger partial charge in [-0.25, -0.2) is 0 Å². The molecule has 0 aliphatic heterocycles. The van der Waals surface area contributed by atoms with Crippen LogP contribution in [0, 0.1) is 6.92 Å². The molecule has 0 saturated heterocycles. The fraction of sp³-hybridized carbons (Fsp3) is 0.455. The van der Waals surface area contributed by atoms with Gasteiger partial charge in [-0.1, -0.05) is 91.9 Å². The third kappa shape index (κ3) is 23.3. The summed E-state index contributed by atoms with van der Waals surface area (Å²) in [6.45, 7) is 28.1. The van der Waals surface area contributed by atoms with Gasteiger partial charge in [-0.15, -0.1) is 13.2 Å². The van der Waals surface area contributed by atoms with Crippen LogP contribution in [-0.4, -0.2) is 155 Å². The molecule has 0 aromatic heterocycles. The molecule has 0 unspecified atom stereocenters. The summed E-state index contributed by atoms with van der Waals surface area (Å²) in [5.41, 5.74) is 12.5. The summed E-state index contributed by atoms with van der Waals surface area (Å²) < 4.78 is 26.5. The van der Waals surface area contributed by atoms with Gasteiger partial charge in [0.05, 0.1) is 0 Å². The molecule has 6 N–H and O–H groups in total. The van der Waals surface area contributed by atoms with Gasteiger partial charge in [0.1, 0.15) is 23.0 Å². The predicted molar refractivity (Wildman–Crippen MR) is 332 cm³/mol. The van der Waals surface area contributed by atoms with Crippen LogP contribution in [0.5, 0.6) is 23.0 Å². The van der Waals surface area contributed by atoms with Gasteiger partial charge >= 0.3 is 0 Å². The van der Waals surface area contributed by atoms with Gasteiger partial charge in [-0.05, 0) is 162 Å². The van der Waals surface area contributed by atoms with Crippen LogP contribution in [0.25, 0.3) is 0 Å². The molecule has 0 aliphatic carbocycles. The van der Waals surface area contributed by atoms with Gasteiger partial charge in [0.2, 0.25) is 0 Å². The number of nitrogens with zero attached hydrogens (tertiary/aromatic N) is 2. The Kier molecular flexibility index (Phi) is 29.2. The number of carbonyl (C=O) groups is 4. The lowest BCUT2D eigenvalue weighted by molar-refractivity contribution is -0.123. The summed E-state index contributed by atoms with van der Waals surface area (Å²) in [5, 5.41) is 18.0. The maximum atomic E-state index is 13.7. The third-order valence-electron chi connectivity index (χ3n) is 13.2. The smallest absolute Gasteiger partial charge is 0.257 e. The zero-order valence-electron chi connectivity index (χ0n) is 50.9. The third-order valence-corrected chi connectivity index (χ3v) is 13.2. The van der Waals surface area contributed by atoms with Crippen LogP contribution in [0.1, 0.15) is 87.5 Å². The highest BCUT2D eigenvalue weighted by molar-refractivity contribution is 5.79. The van der Waals surface area contributed by atoms with Crippen LogP contribution in [0.3, 0.4) is 0 Å². The van der Waals surface area contributed by atoms with Crippen LogP contribution in [0.15, 0.2) is 98.1 Å². The number of benzene rings is 4. The molecule has 0 aliphatic rings. The van der Waals surface area contributed by atoms with Crippen LogP contribution < -0.4 is 50.8 Å². The van der Waals surface area contributed by atoms with E-state index >= 15 is 0 Å². The van der Waals surface area contributed by atoms with E-state index in [1.807, 2.05) is 85.0 Å². The molecule has 16 heteroatoms. The minimum absolute atomic E-state index is 0.181. The Labute approximate surface area is 489 Å². The van der Waals surface area contributed by atoms with Crippen molar-refractivity contribution >= 4 is 23.6 Å². The fourth-order valence-corrected chi connectivity index (χ4v) is 9.55. The average molecular weight is 1130 g/mol. The van der Waals surface area contributed by atoms with Crippen molar-refractivity contribution in [3.8, 4) is 23.0 Å². The van der Waals surface area contributed by atoms with E-state index in [4.69, 9.17) is 18.9 Å². The summed E-state index contributed by atoms with van der Waals surface area (Å²) >= 11 is 0. The molecule has 0 radical (unpaired) electrons. The van der Waals surface area contributed by atoms with Gasteiger partial charge in [0.25, 0.3) is 23.6 Å². The Morgan fingerprint density at radius 3 is 1.10 bits per heavy atom. The summed E-state index contributed by atoms with van der Waals surface area (Å²) in [5.74, 6) is 1.15. The topological polar surface area (TPSA) is 184 Å². The number of hydrogen-bond acceptors (Lipinski definition) is 12. The average Bonchev–Trinajstić information content (AvgIpc) is 2.97. The lowest BCUT2D eigenvalue weighted by Gasteiger charge is -2.23. The molecular weight excluding hydrogens is 1030 g/mol. The zero-order valence-corrected chi connectivity index (χ0v) is 50.9. The highest BCUT2D eigenvalue weighted by atomic mass is 16.5. The van der Waals surface area contributed by atoms with Crippen molar-refractivity contribution in [2.45, 2.75) is 79.1 Å². The fourth-order valence-electron chi connectivity index (χ4n) is 9.55. The van der Waals surface area contributed by atoms with Crippen LogP contribution in [0.4, 0.5) is 0 Å². The molecule has 0 atom stereocenters. The molecule has 4 aromatic rings. The molecule has 0 saturated carbocycles. The monoisotopic (exact) mass is 1130 g/mol. The van der Waals surface area contributed by atoms with Crippen LogP contribution in [0.2, 0.25) is 0 Å². The highest BCUT2D eigenvalue weighted by Crippen LogP contribution is 2.39. The van der Waals surface area contributed by atoms with Crippen molar-refractivity contribution in [3.05, 3.63) is 165 Å². The van der Waals surface area contributed by atoms with Crippen molar-refractivity contribution in [1.82, 2.24) is 41.7 Å². The number of allylic oxidation sites excluding steroid dienone is 4. The number of hydrogen-bond donors (Lipinski definition) is 6. The number of ether oxygens (including phenoxy) is 4. The molecule has 4 amide bonds. The molecule has 82 heavy (non-hydrogen) atoms. The Morgan fingerprint density at radius 2 is 0.768 bits per heavy atom. The number of carbonyl (C=O) groups excluding carboxylic acids is 4. The second-order valence-corrected chi connectivity index (χ2v) is 21.6. The largest absolute Gasteiger partial charge is 0.483 e. The summed E-state index contributed by atoms with van der Waals surface area (Å²) in [6.07, 6.45) is 7.54. The van der Waals surface area contributed by atoms with Gasteiger partial charge in [0, 0.05) is 71.6 Å². The second-order valence-electron chi connectivity index (χ2n) is 21.6. The minimum atomic E-state index is -0.292. The quantitative estimate of drug-likeness (QED) is 0.0209. The molecule has 4 aromatic carbocycles.